The fourth-order valence-electron chi connectivity index (χ4n) is 3.66. The molecule has 0 aromatic heterocycles. The molecule has 0 aliphatic carbocycles. The van der Waals surface area contributed by atoms with Gasteiger partial charge in [-0.05, 0) is 51.0 Å². The van der Waals surface area contributed by atoms with Crippen LogP contribution in [0, 0.1) is 0 Å². The van der Waals surface area contributed by atoms with E-state index in [9.17, 15) is 9.59 Å². The maximum absolute atomic E-state index is 12.4. The van der Waals surface area contributed by atoms with Gasteiger partial charge in [0.2, 0.25) is 0 Å². The molecule has 3 unspecified atom stereocenters. The van der Waals surface area contributed by atoms with Crippen molar-refractivity contribution in [2.75, 3.05) is 24.6 Å². The molecule has 1 amide bonds. The van der Waals surface area contributed by atoms with E-state index in [1.165, 1.54) is 0 Å². The number of esters is 1. The molecule has 184 valence electrons. The number of benzene rings is 2. The standard InChI is InChI=1S/C26H35N3O5/c1-18(28-25(31)33-17-19-9-6-5-7-10-19)20-11-8-12-21(15-20)29-13-14-32-22(16-29)23(27)24(30)34-26(2,3)4/h5-12,15,18,22-23H,13-14,16-17,27H2,1-4H3,(H,28,31). The van der Waals surface area contributed by atoms with Crippen LogP contribution >= 0.6 is 0 Å². The molecule has 0 spiro atoms. The smallest absolute Gasteiger partial charge is 0.407 e. The second kappa shape index (κ2) is 11.4. The number of carbonyl (C=O) groups excluding carboxylic acids is 2. The third-order valence-electron chi connectivity index (χ3n) is 5.46. The Morgan fingerprint density at radius 3 is 2.62 bits per heavy atom. The first kappa shape index (κ1) is 25.5. The molecule has 1 heterocycles. The third kappa shape index (κ3) is 7.46. The molecule has 3 N–H and O–H groups in total. The first-order chi connectivity index (χ1) is 16.1. The number of hydrogen-bond donors (Lipinski definition) is 2. The number of carbonyl (C=O) groups is 2. The summed E-state index contributed by atoms with van der Waals surface area (Å²) in [7, 11) is 0. The average Bonchev–Trinajstić information content (AvgIpc) is 2.82. The predicted octanol–water partition coefficient (Wildman–Crippen LogP) is 3.55. The molecule has 0 radical (unpaired) electrons. The molecule has 2 aromatic rings. The summed E-state index contributed by atoms with van der Waals surface area (Å²) in [6.45, 7) is 9.13. The first-order valence-electron chi connectivity index (χ1n) is 11.5. The Morgan fingerprint density at radius 2 is 1.91 bits per heavy atom. The predicted molar refractivity (Wildman–Crippen MR) is 130 cm³/mol. The molecule has 34 heavy (non-hydrogen) atoms. The van der Waals surface area contributed by atoms with Crippen molar-refractivity contribution in [3.05, 3.63) is 65.7 Å². The monoisotopic (exact) mass is 469 g/mol. The molecule has 8 heteroatoms. The lowest BCUT2D eigenvalue weighted by atomic mass is 10.1. The summed E-state index contributed by atoms with van der Waals surface area (Å²) < 4.78 is 16.5. The number of morpholine rings is 1. The number of amides is 1. The van der Waals surface area contributed by atoms with Gasteiger partial charge in [0.15, 0.2) is 0 Å². The van der Waals surface area contributed by atoms with E-state index < -0.39 is 29.8 Å². The van der Waals surface area contributed by atoms with Crippen LogP contribution < -0.4 is 16.0 Å². The second-order valence-electron chi connectivity index (χ2n) is 9.44. The van der Waals surface area contributed by atoms with Crippen LogP contribution in [0.5, 0.6) is 0 Å². The Morgan fingerprint density at radius 1 is 1.18 bits per heavy atom. The molecule has 1 aliphatic rings. The molecular formula is C26H35N3O5. The van der Waals surface area contributed by atoms with Gasteiger partial charge in [-0.25, -0.2) is 4.79 Å². The van der Waals surface area contributed by atoms with E-state index in [1.807, 2.05) is 82.3 Å². The van der Waals surface area contributed by atoms with Gasteiger partial charge in [0.05, 0.1) is 12.6 Å². The lowest BCUT2D eigenvalue weighted by Gasteiger charge is -2.37. The maximum Gasteiger partial charge on any atom is 0.407 e. The molecule has 1 fully saturated rings. The zero-order valence-corrected chi connectivity index (χ0v) is 20.3. The van der Waals surface area contributed by atoms with Gasteiger partial charge >= 0.3 is 12.1 Å². The zero-order chi connectivity index (χ0) is 24.7. The largest absolute Gasteiger partial charge is 0.459 e. The number of alkyl carbamates (subject to hydrolysis) is 1. The summed E-state index contributed by atoms with van der Waals surface area (Å²) in [6.07, 6.45) is -0.952. The van der Waals surface area contributed by atoms with Crippen molar-refractivity contribution in [1.29, 1.82) is 0 Å². The van der Waals surface area contributed by atoms with Crippen molar-refractivity contribution in [1.82, 2.24) is 5.32 Å². The van der Waals surface area contributed by atoms with Crippen LogP contribution in [0.3, 0.4) is 0 Å². The fraction of sp³-hybridized carbons (Fsp3) is 0.462. The minimum Gasteiger partial charge on any atom is -0.459 e. The van der Waals surface area contributed by atoms with Crippen LogP contribution in [0.25, 0.3) is 0 Å². The number of rotatable bonds is 7. The minimum atomic E-state index is -0.870. The average molecular weight is 470 g/mol. The maximum atomic E-state index is 12.4. The van der Waals surface area contributed by atoms with Crippen LogP contribution in [-0.2, 0) is 25.6 Å². The first-order valence-corrected chi connectivity index (χ1v) is 11.5. The van der Waals surface area contributed by atoms with E-state index in [1.54, 1.807) is 0 Å². The van der Waals surface area contributed by atoms with Gasteiger partial charge in [0.1, 0.15) is 24.4 Å². The molecule has 0 saturated carbocycles. The molecule has 3 rings (SSSR count). The minimum absolute atomic E-state index is 0.215. The van der Waals surface area contributed by atoms with Gasteiger partial charge in [-0.15, -0.1) is 0 Å². The van der Waals surface area contributed by atoms with Gasteiger partial charge in [-0.1, -0.05) is 42.5 Å². The number of nitrogens with zero attached hydrogens (tertiary/aromatic N) is 1. The van der Waals surface area contributed by atoms with E-state index in [-0.39, 0.29) is 12.6 Å². The molecule has 1 aliphatic heterocycles. The quantitative estimate of drug-likeness (QED) is 0.598. The summed E-state index contributed by atoms with van der Waals surface area (Å²) in [5, 5.41) is 2.87. The third-order valence-corrected chi connectivity index (χ3v) is 5.46. The van der Waals surface area contributed by atoms with Crippen LogP contribution in [-0.4, -0.2) is 49.5 Å². The number of nitrogens with two attached hydrogens (primary N) is 1. The Hall–Kier alpha value is -3.10. The van der Waals surface area contributed by atoms with Crippen molar-refractivity contribution < 1.29 is 23.8 Å². The summed E-state index contributed by atoms with van der Waals surface area (Å²) in [5.41, 5.74) is 8.38. The molecule has 0 bridgehead atoms. The number of anilines is 1. The van der Waals surface area contributed by atoms with Crippen LogP contribution in [0.2, 0.25) is 0 Å². The van der Waals surface area contributed by atoms with Gasteiger partial charge in [-0.3, -0.25) is 4.79 Å². The Bertz CT molecular complexity index is 960. The Kier molecular flexibility index (Phi) is 8.52. The van der Waals surface area contributed by atoms with E-state index >= 15 is 0 Å². The van der Waals surface area contributed by atoms with E-state index in [4.69, 9.17) is 19.9 Å². The highest BCUT2D eigenvalue weighted by Crippen LogP contribution is 2.24. The Balaban J connectivity index is 1.58. The van der Waals surface area contributed by atoms with Crippen molar-refractivity contribution in [3.63, 3.8) is 0 Å². The van der Waals surface area contributed by atoms with Crippen LogP contribution in [0.15, 0.2) is 54.6 Å². The highest BCUT2D eigenvalue weighted by atomic mass is 16.6. The van der Waals surface area contributed by atoms with Gasteiger partial charge in [0, 0.05) is 18.8 Å². The van der Waals surface area contributed by atoms with Crippen molar-refractivity contribution in [3.8, 4) is 0 Å². The molecule has 8 nitrogen and oxygen atoms in total. The van der Waals surface area contributed by atoms with E-state index in [2.05, 4.69) is 10.2 Å². The van der Waals surface area contributed by atoms with Crippen molar-refractivity contribution >= 4 is 17.7 Å². The SMILES string of the molecule is CC(NC(=O)OCc1ccccc1)c1cccc(N2CCOC(C(N)C(=O)OC(C)(C)C)C2)c1. The van der Waals surface area contributed by atoms with Gasteiger partial charge < -0.3 is 30.2 Å². The zero-order valence-electron chi connectivity index (χ0n) is 20.3. The normalized spacial score (nSPS) is 18.0. The number of ether oxygens (including phenoxy) is 3. The number of hydrogen-bond acceptors (Lipinski definition) is 7. The lowest BCUT2D eigenvalue weighted by molar-refractivity contribution is -0.160. The molecule has 1 saturated heterocycles. The summed E-state index contributed by atoms with van der Waals surface area (Å²) in [4.78, 5) is 26.8. The van der Waals surface area contributed by atoms with E-state index in [0.717, 1.165) is 16.8 Å². The summed E-state index contributed by atoms with van der Waals surface area (Å²) >= 11 is 0. The summed E-state index contributed by atoms with van der Waals surface area (Å²) in [5.74, 6) is -0.472. The van der Waals surface area contributed by atoms with Gasteiger partial charge in [0.25, 0.3) is 0 Å². The Labute approximate surface area is 201 Å². The van der Waals surface area contributed by atoms with E-state index in [0.29, 0.717) is 19.7 Å². The van der Waals surface area contributed by atoms with Gasteiger partial charge in [-0.2, -0.15) is 0 Å². The van der Waals surface area contributed by atoms with Crippen LogP contribution in [0.1, 0.15) is 44.9 Å². The molecule has 2 aromatic carbocycles. The van der Waals surface area contributed by atoms with Crippen LogP contribution in [0.4, 0.5) is 10.5 Å². The number of nitrogens with one attached hydrogen (secondary N) is 1. The van der Waals surface area contributed by atoms with Crippen molar-refractivity contribution in [2.24, 2.45) is 5.73 Å². The van der Waals surface area contributed by atoms with Crippen molar-refractivity contribution in [2.45, 2.75) is 58.1 Å². The summed E-state index contributed by atoms with van der Waals surface area (Å²) in [6, 6.07) is 16.3. The highest BCUT2D eigenvalue weighted by Gasteiger charge is 2.33. The fourth-order valence-corrected chi connectivity index (χ4v) is 3.66. The lowest BCUT2D eigenvalue weighted by Crippen LogP contribution is -2.55. The topological polar surface area (TPSA) is 103 Å². The highest BCUT2D eigenvalue weighted by molar-refractivity contribution is 5.77. The second-order valence-corrected chi connectivity index (χ2v) is 9.44. The molecular weight excluding hydrogens is 434 g/mol. The molecule has 3 atom stereocenters.